The minimum atomic E-state index is -0.755. The van der Waals surface area contributed by atoms with Crippen molar-refractivity contribution in [2.24, 2.45) is 11.8 Å². The summed E-state index contributed by atoms with van der Waals surface area (Å²) in [5.74, 6) is 0.159. The van der Waals surface area contributed by atoms with Crippen molar-refractivity contribution >= 4 is 5.97 Å². The number of methoxy groups -OCH3 is 2. The molecule has 3 heterocycles. The Morgan fingerprint density at radius 2 is 1.64 bits per heavy atom. The van der Waals surface area contributed by atoms with Crippen LogP contribution in [0.1, 0.15) is 30.0 Å². The van der Waals surface area contributed by atoms with Crippen molar-refractivity contribution in [1.82, 2.24) is 10.2 Å². The van der Waals surface area contributed by atoms with E-state index in [1.807, 2.05) is 54.6 Å². The summed E-state index contributed by atoms with van der Waals surface area (Å²) in [6.07, 6.45) is 0.829. The van der Waals surface area contributed by atoms with Crippen LogP contribution >= 0.6 is 0 Å². The van der Waals surface area contributed by atoms with Crippen LogP contribution in [-0.2, 0) is 16.9 Å². The second kappa shape index (κ2) is 9.96. The number of benzene rings is 3. The number of nitrogens with zero attached hydrogens (tertiary/aromatic N) is 1. The fourth-order valence-electron chi connectivity index (χ4n) is 6.76. The molecule has 6 nitrogen and oxygen atoms in total. The monoisotopic (exact) mass is 486 g/mol. The molecule has 1 unspecified atom stereocenters. The quantitative estimate of drug-likeness (QED) is 0.488. The van der Waals surface area contributed by atoms with Crippen molar-refractivity contribution in [3.05, 3.63) is 95.6 Å². The van der Waals surface area contributed by atoms with Gasteiger partial charge in [0.25, 0.3) is 0 Å². The predicted molar refractivity (Wildman–Crippen MR) is 139 cm³/mol. The van der Waals surface area contributed by atoms with Crippen molar-refractivity contribution in [1.29, 1.82) is 0 Å². The first-order valence-corrected chi connectivity index (χ1v) is 12.6. The maximum absolute atomic E-state index is 13.1. The minimum Gasteiger partial charge on any atom is -0.497 e. The Bertz CT molecular complexity index is 1160. The third-order valence-corrected chi connectivity index (χ3v) is 8.22. The van der Waals surface area contributed by atoms with E-state index >= 15 is 0 Å². The Hall–Kier alpha value is -3.35. The molecular weight excluding hydrogens is 452 g/mol. The molecule has 3 saturated heterocycles. The molecule has 2 bridgehead atoms. The second-order valence-corrected chi connectivity index (χ2v) is 9.79. The molecule has 5 atom stereocenters. The number of piperidine rings is 3. The van der Waals surface area contributed by atoms with Crippen LogP contribution in [0.15, 0.2) is 78.9 Å². The number of rotatable bonds is 8. The maximum Gasteiger partial charge on any atom is 0.309 e. The molecule has 0 aromatic heterocycles. The van der Waals surface area contributed by atoms with Gasteiger partial charge in [0.05, 0.1) is 25.7 Å². The molecule has 0 spiro atoms. The summed E-state index contributed by atoms with van der Waals surface area (Å²) in [6.45, 7) is 3.64. The standard InChI is InChI=1S/C30H34N2O4/c1-20-28(31-19-21-18-24(35-2)14-15-26(21)36-3)25-16-17-32(20)30(27(25)29(33)34,22-10-6-4-7-11-22)23-12-8-5-9-13-23/h4-15,18,20,25,27-28,31H,16-17,19H2,1-3H3,(H,33,34)/t20-,25-,27-,28+/m0/s1. The van der Waals surface area contributed by atoms with Crippen LogP contribution in [0.25, 0.3) is 0 Å². The molecule has 0 amide bonds. The number of fused-ring (bicyclic) bond motifs is 3. The van der Waals surface area contributed by atoms with Gasteiger partial charge in [0.2, 0.25) is 0 Å². The SMILES string of the molecule is COc1ccc(OC)c(CN[C@H]2[C@H]3CCN([C@H]2C)C(c2ccccc2)(c2ccccc2)[C@@H]3C(=O)O)c1. The van der Waals surface area contributed by atoms with Gasteiger partial charge in [-0.2, -0.15) is 0 Å². The molecule has 0 saturated carbocycles. The zero-order valence-electron chi connectivity index (χ0n) is 21.1. The lowest BCUT2D eigenvalue weighted by atomic mass is 9.57. The summed E-state index contributed by atoms with van der Waals surface area (Å²) in [4.78, 5) is 15.6. The summed E-state index contributed by atoms with van der Waals surface area (Å²) < 4.78 is 11.0. The number of nitrogens with one attached hydrogen (secondary N) is 1. The van der Waals surface area contributed by atoms with E-state index in [-0.39, 0.29) is 18.0 Å². The number of hydrogen-bond acceptors (Lipinski definition) is 5. The molecule has 0 radical (unpaired) electrons. The average molecular weight is 487 g/mol. The largest absolute Gasteiger partial charge is 0.497 e. The highest BCUT2D eigenvalue weighted by Crippen LogP contribution is 2.55. The van der Waals surface area contributed by atoms with Crippen LogP contribution in [0.2, 0.25) is 0 Å². The molecule has 3 aromatic rings. The topological polar surface area (TPSA) is 71.0 Å². The lowest BCUT2D eigenvalue weighted by Gasteiger charge is -2.64. The highest BCUT2D eigenvalue weighted by molar-refractivity contribution is 5.75. The van der Waals surface area contributed by atoms with E-state index in [0.717, 1.165) is 41.2 Å². The van der Waals surface area contributed by atoms with E-state index in [4.69, 9.17) is 9.47 Å². The van der Waals surface area contributed by atoms with Crippen LogP contribution in [-0.4, -0.2) is 48.8 Å². The minimum absolute atomic E-state index is 0.0105. The van der Waals surface area contributed by atoms with E-state index in [0.29, 0.717) is 6.54 Å². The molecule has 3 aliphatic rings. The Morgan fingerprint density at radius 3 is 2.19 bits per heavy atom. The Balaban J connectivity index is 1.56. The van der Waals surface area contributed by atoms with Crippen molar-refractivity contribution in [2.75, 3.05) is 20.8 Å². The highest BCUT2D eigenvalue weighted by Gasteiger charge is 2.63. The number of carbonyl (C=O) groups is 1. The fraction of sp³-hybridized carbons (Fsp3) is 0.367. The lowest BCUT2D eigenvalue weighted by Crippen LogP contribution is -2.74. The van der Waals surface area contributed by atoms with Gasteiger partial charge < -0.3 is 19.9 Å². The van der Waals surface area contributed by atoms with Gasteiger partial charge in [0.1, 0.15) is 11.5 Å². The second-order valence-electron chi connectivity index (χ2n) is 9.79. The molecule has 36 heavy (non-hydrogen) atoms. The van der Waals surface area contributed by atoms with E-state index < -0.39 is 17.4 Å². The third-order valence-electron chi connectivity index (χ3n) is 8.22. The van der Waals surface area contributed by atoms with Gasteiger partial charge >= 0.3 is 5.97 Å². The Labute approximate surface area is 212 Å². The van der Waals surface area contributed by atoms with Crippen LogP contribution in [0, 0.1) is 11.8 Å². The summed E-state index contributed by atoms with van der Waals surface area (Å²) in [5.41, 5.74) is 2.33. The highest BCUT2D eigenvalue weighted by atomic mass is 16.5. The predicted octanol–water partition coefficient (Wildman–Crippen LogP) is 4.53. The molecule has 3 aromatic carbocycles. The number of carboxylic acids is 1. The smallest absolute Gasteiger partial charge is 0.309 e. The van der Waals surface area contributed by atoms with Crippen molar-refractivity contribution in [3.63, 3.8) is 0 Å². The number of carboxylic acid groups (broad SMARTS) is 1. The van der Waals surface area contributed by atoms with Gasteiger partial charge in [0, 0.05) is 30.7 Å². The Morgan fingerprint density at radius 1 is 1.00 bits per heavy atom. The average Bonchev–Trinajstić information content (AvgIpc) is 2.93. The van der Waals surface area contributed by atoms with E-state index in [2.05, 4.69) is 41.4 Å². The van der Waals surface area contributed by atoms with E-state index in [9.17, 15) is 9.90 Å². The van der Waals surface area contributed by atoms with Crippen molar-refractivity contribution in [2.45, 2.75) is 37.5 Å². The van der Waals surface area contributed by atoms with Crippen LogP contribution in [0.5, 0.6) is 11.5 Å². The number of ether oxygens (including phenoxy) is 2. The first-order valence-electron chi connectivity index (χ1n) is 12.6. The number of aliphatic carboxylic acids is 1. The first kappa shape index (κ1) is 24.3. The molecular formula is C30H34N2O4. The molecule has 6 rings (SSSR count). The van der Waals surface area contributed by atoms with Crippen LogP contribution < -0.4 is 14.8 Å². The van der Waals surface area contributed by atoms with Gasteiger partial charge in [-0.15, -0.1) is 0 Å². The normalized spacial score (nSPS) is 26.4. The zero-order chi connectivity index (χ0) is 25.3. The summed E-state index contributed by atoms with van der Waals surface area (Å²) >= 11 is 0. The van der Waals surface area contributed by atoms with E-state index in [1.165, 1.54) is 0 Å². The third kappa shape index (κ3) is 3.85. The summed E-state index contributed by atoms with van der Waals surface area (Å²) in [6, 6.07) is 26.3. The van der Waals surface area contributed by atoms with Crippen LogP contribution in [0.3, 0.4) is 0 Å². The van der Waals surface area contributed by atoms with E-state index in [1.54, 1.807) is 14.2 Å². The molecule has 188 valence electrons. The zero-order valence-corrected chi connectivity index (χ0v) is 21.1. The summed E-state index contributed by atoms with van der Waals surface area (Å²) in [5, 5.41) is 14.5. The molecule has 6 heteroatoms. The van der Waals surface area contributed by atoms with Gasteiger partial charge in [0.15, 0.2) is 0 Å². The van der Waals surface area contributed by atoms with Gasteiger partial charge in [-0.25, -0.2) is 0 Å². The fourth-order valence-corrected chi connectivity index (χ4v) is 6.76. The lowest BCUT2D eigenvalue weighted by molar-refractivity contribution is -0.171. The maximum atomic E-state index is 13.1. The van der Waals surface area contributed by atoms with Crippen molar-refractivity contribution in [3.8, 4) is 11.5 Å². The molecule has 3 fully saturated rings. The van der Waals surface area contributed by atoms with Crippen molar-refractivity contribution < 1.29 is 19.4 Å². The van der Waals surface area contributed by atoms with Gasteiger partial charge in [-0.1, -0.05) is 60.7 Å². The summed E-state index contributed by atoms with van der Waals surface area (Å²) in [7, 11) is 3.31. The number of hydrogen-bond donors (Lipinski definition) is 2. The molecule has 0 aliphatic carbocycles. The van der Waals surface area contributed by atoms with Gasteiger partial charge in [-0.05, 0) is 48.6 Å². The van der Waals surface area contributed by atoms with Gasteiger partial charge in [-0.3, -0.25) is 9.69 Å². The van der Waals surface area contributed by atoms with Crippen LogP contribution in [0.4, 0.5) is 0 Å². The first-order chi connectivity index (χ1) is 17.5. The molecule has 2 N–H and O–H groups in total. The molecule has 3 aliphatic heterocycles. The Kier molecular flexibility index (Phi) is 6.73.